The zero-order valence-electron chi connectivity index (χ0n) is 14.4. The molecule has 0 spiro atoms. The molecule has 0 saturated carbocycles. The van der Waals surface area contributed by atoms with Crippen molar-refractivity contribution in [3.8, 4) is 11.8 Å². The maximum Gasteiger partial charge on any atom is 0.344 e. The van der Waals surface area contributed by atoms with Crippen molar-refractivity contribution >= 4 is 23.6 Å². The lowest BCUT2D eigenvalue weighted by atomic mass is 10.1. The van der Waals surface area contributed by atoms with Crippen LogP contribution in [-0.4, -0.2) is 23.1 Å². The van der Waals surface area contributed by atoms with E-state index in [0.717, 1.165) is 5.56 Å². The number of carbonyl (C=O) groups excluding carboxylic acids is 1. The van der Waals surface area contributed by atoms with E-state index in [1.54, 1.807) is 36.4 Å². The quantitative estimate of drug-likeness (QED) is 0.614. The van der Waals surface area contributed by atoms with Crippen molar-refractivity contribution in [3.05, 3.63) is 65.2 Å². The van der Waals surface area contributed by atoms with Gasteiger partial charge in [-0.05, 0) is 55.3 Å². The van der Waals surface area contributed by atoms with Gasteiger partial charge in [-0.15, -0.1) is 0 Å². The van der Waals surface area contributed by atoms with Gasteiger partial charge in [0.15, 0.2) is 6.10 Å². The lowest BCUT2D eigenvalue weighted by molar-refractivity contribution is -0.144. The molecule has 6 nitrogen and oxygen atoms in total. The Hall–Kier alpha value is -3.59. The van der Waals surface area contributed by atoms with E-state index in [0.29, 0.717) is 17.0 Å². The second-order valence-corrected chi connectivity index (χ2v) is 5.66. The molecule has 0 saturated heterocycles. The number of benzene rings is 2. The molecule has 0 aromatic heterocycles. The number of rotatable bonds is 6. The molecule has 2 N–H and O–H groups in total. The second kappa shape index (κ2) is 8.49. The first kappa shape index (κ1) is 18.7. The van der Waals surface area contributed by atoms with Gasteiger partial charge in [0.25, 0.3) is 5.91 Å². The average Bonchev–Trinajstić information content (AvgIpc) is 2.59. The number of carboxylic acids is 1. The van der Waals surface area contributed by atoms with Crippen molar-refractivity contribution in [1.82, 2.24) is 0 Å². The smallest absolute Gasteiger partial charge is 0.344 e. The highest BCUT2D eigenvalue weighted by Gasteiger charge is 2.13. The summed E-state index contributed by atoms with van der Waals surface area (Å²) in [5.41, 5.74) is 2.07. The van der Waals surface area contributed by atoms with Crippen molar-refractivity contribution < 1.29 is 19.4 Å². The molecule has 2 rings (SSSR count). The molecule has 0 aliphatic heterocycles. The van der Waals surface area contributed by atoms with Gasteiger partial charge < -0.3 is 15.2 Å². The summed E-state index contributed by atoms with van der Waals surface area (Å²) in [5.74, 6) is -1.27. The van der Waals surface area contributed by atoms with E-state index in [1.165, 1.54) is 13.0 Å². The van der Waals surface area contributed by atoms with Crippen molar-refractivity contribution in [3.63, 3.8) is 0 Å². The number of aliphatic carboxylic acids is 1. The summed E-state index contributed by atoms with van der Waals surface area (Å²) < 4.78 is 5.29. The molecule has 0 aliphatic rings. The predicted octanol–water partition coefficient (Wildman–Crippen LogP) is 3.39. The van der Waals surface area contributed by atoms with Crippen LogP contribution in [0.2, 0.25) is 0 Å². The van der Waals surface area contributed by atoms with Crippen LogP contribution in [0.5, 0.6) is 5.75 Å². The Bertz CT molecular complexity index is 897. The molecular weight excluding hydrogens is 332 g/mol. The molecule has 1 unspecified atom stereocenters. The Morgan fingerprint density at radius 2 is 1.96 bits per heavy atom. The largest absolute Gasteiger partial charge is 0.479 e. The molecule has 2 aromatic rings. The molecule has 0 fully saturated rings. The van der Waals surface area contributed by atoms with Crippen LogP contribution >= 0.6 is 0 Å². The summed E-state index contributed by atoms with van der Waals surface area (Å²) in [7, 11) is 0. The SMILES string of the molecule is Cc1cccc(NC(=O)/C(C#N)=C\c2cccc(OC(C)C(=O)O)c2)c1. The fraction of sp³-hybridized carbons (Fsp3) is 0.150. The zero-order valence-corrected chi connectivity index (χ0v) is 14.4. The van der Waals surface area contributed by atoms with Crippen molar-refractivity contribution in [2.75, 3.05) is 5.32 Å². The topological polar surface area (TPSA) is 99.4 Å². The minimum atomic E-state index is -1.08. The highest BCUT2D eigenvalue weighted by atomic mass is 16.5. The second-order valence-electron chi connectivity index (χ2n) is 5.66. The van der Waals surface area contributed by atoms with E-state index in [9.17, 15) is 14.9 Å². The zero-order chi connectivity index (χ0) is 19.1. The van der Waals surface area contributed by atoms with Crippen LogP contribution in [0.4, 0.5) is 5.69 Å². The van der Waals surface area contributed by atoms with Gasteiger partial charge in [-0.3, -0.25) is 4.79 Å². The van der Waals surface area contributed by atoms with Crippen LogP contribution in [0, 0.1) is 18.3 Å². The van der Waals surface area contributed by atoms with E-state index in [2.05, 4.69) is 5.32 Å². The van der Waals surface area contributed by atoms with Gasteiger partial charge in [0.1, 0.15) is 17.4 Å². The van der Waals surface area contributed by atoms with Crippen molar-refractivity contribution in [2.45, 2.75) is 20.0 Å². The fourth-order valence-corrected chi connectivity index (χ4v) is 2.17. The van der Waals surface area contributed by atoms with Crippen molar-refractivity contribution in [2.24, 2.45) is 0 Å². The number of nitrogens with zero attached hydrogens (tertiary/aromatic N) is 1. The molecule has 132 valence electrons. The lowest BCUT2D eigenvalue weighted by Gasteiger charge is -2.10. The van der Waals surface area contributed by atoms with Crippen molar-refractivity contribution in [1.29, 1.82) is 5.26 Å². The first-order valence-electron chi connectivity index (χ1n) is 7.88. The van der Waals surface area contributed by atoms with E-state index >= 15 is 0 Å². The summed E-state index contributed by atoms with van der Waals surface area (Å²) in [6.45, 7) is 3.32. The highest BCUT2D eigenvalue weighted by molar-refractivity contribution is 6.09. The lowest BCUT2D eigenvalue weighted by Crippen LogP contribution is -2.22. The van der Waals surface area contributed by atoms with Crippen LogP contribution in [0.25, 0.3) is 6.08 Å². The summed E-state index contributed by atoms with van der Waals surface area (Å²) in [4.78, 5) is 23.2. The van der Waals surface area contributed by atoms with Crippen LogP contribution in [0.15, 0.2) is 54.1 Å². The van der Waals surface area contributed by atoms with Gasteiger partial charge >= 0.3 is 5.97 Å². The predicted molar refractivity (Wildman–Crippen MR) is 97.6 cm³/mol. The fourth-order valence-electron chi connectivity index (χ4n) is 2.17. The number of nitriles is 1. The van der Waals surface area contributed by atoms with Gasteiger partial charge in [0.05, 0.1) is 0 Å². The van der Waals surface area contributed by atoms with Crippen LogP contribution in [0.3, 0.4) is 0 Å². The van der Waals surface area contributed by atoms with Gasteiger partial charge in [0, 0.05) is 5.69 Å². The molecule has 0 heterocycles. The number of anilines is 1. The highest BCUT2D eigenvalue weighted by Crippen LogP contribution is 2.18. The van der Waals surface area contributed by atoms with Gasteiger partial charge in [-0.2, -0.15) is 5.26 Å². The normalized spacial score (nSPS) is 12.0. The standard InChI is InChI=1S/C20H18N2O4/c1-13-5-3-7-17(9-13)22-19(23)16(12-21)10-15-6-4-8-18(11-15)26-14(2)20(24)25/h3-11,14H,1-2H3,(H,22,23)(H,24,25)/b16-10-. The summed E-state index contributed by atoms with van der Waals surface area (Å²) in [5, 5.41) is 20.9. The van der Waals surface area contributed by atoms with Gasteiger partial charge in [-0.1, -0.05) is 24.3 Å². The van der Waals surface area contributed by atoms with Crippen LogP contribution in [-0.2, 0) is 9.59 Å². The van der Waals surface area contributed by atoms with Crippen LogP contribution in [0.1, 0.15) is 18.1 Å². The minimum absolute atomic E-state index is 0.0741. The average molecular weight is 350 g/mol. The number of hydrogen-bond donors (Lipinski definition) is 2. The summed E-state index contributed by atoms with van der Waals surface area (Å²) >= 11 is 0. The monoisotopic (exact) mass is 350 g/mol. The Labute approximate surface area is 151 Å². The molecule has 1 amide bonds. The molecule has 26 heavy (non-hydrogen) atoms. The van der Waals surface area contributed by atoms with E-state index in [-0.39, 0.29) is 5.57 Å². The maximum atomic E-state index is 12.3. The maximum absolute atomic E-state index is 12.3. The minimum Gasteiger partial charge on any atom is -0.479 e. The molecule has 0 bridgehead atoms. The van der Waals surface area contributed by atoms with Crippen LogP contribution < -0.4 is 10.1 Å². The third-order valence-electron chi connectivity index (χ3n) is 3.47. The molecule has 6 heteroatoms. The Kier molecular flexibility index (Phi) is 6.12. The first-order valence-corrected chi connectivity index (χ1v) is 7.88. The Morgan fingerprint density at radius 1 is 1.23 bits per heavy atom. The number of aryl methyl sites for hydroxylation is 1. The molecule has 0 aliphatic carbocycles. The van der Waals surface area contributed by atoms with Gasteiger partial charge in [0.2, 0.25) is 0 Å². The number of amides is 1. The number of hydrogen-bond acceptors (Lipinski definition) is 4. The molecule has 1 atom stereocenters. The van der Waals surface area contributed by atoms with E-state index in [1.807, 2.05) is 25.1 Å². The van der Waals surface area contributed by atoms with E-state index in [4.69, 9.17) is 9.84 Å². The number of nitrogens with one attached hydrogen (secondary N) is 1. The van der Waals surface area contributed by atoms with Gasteiger partial charge in [-0.25, -0.2) is 4.79 Å². The Morgan fingerprint density at radius 3 is 2.62 bits per heavy atom. The third-order valence-corrected chi connectivity index (χ3v) is 3.47. The summed E-state index contributed by atoms with van der Waals surface area (Å²) in [6, 6.07) is 15.6. The number of ether oxygens (including phenoxy) is 1. The Balaban J connectivity index is 2.19. The molecule has 2 aromatic carbocycles. The molecule has 0 radical (unpaired) electrons. The number of carboxylic acid groups (broad SMARTS) is 1. The third kappa shape index (κ3) is 5.21. The summed E-state index contributed by atoms with van der Waals surface area (Å²) in [6.07, 6.45) is 0.415. The number of carbonyl (C=O) groups is 2. The molecular formula is C20H18N2O4. The first-order chi connectivity index (χ1) is 12.4. The van der Waals surface area contributed by atoms with E-state index < -0.39 is 18.0 Å².